The number of nitrogens with one attached hydrogen (secondary N) is 1. The molecule has 1 aliphatic rings. The van der Waals surface area contributed by atoms with Gasteiger partial charge in [0.15, 0.2) is 0 Å². The topological polar surface area (TPSA) is 37.8 Å². The van der Waals surface area contributed by atoms with Crippen molar-refractivity contribution in [3.05, 3.63) is 30.1 Å². The van der Waals surface area contributed by atoms with Crippen LogP contribution in [0, 0.1) is 12.8 Å². The van der Waals surface area contributed by atoms with Gasteiger partial charge in [0.05, 0.1) is 5.52 Å². The first-order chi connectivity index (χ1) is 9.24. The van der Waals surface area contributed by atoms with Crippen LogP contribution in [0.4, 0.5) is 5.82 Å². The van der Waals surface area contributed by atoms with Gasteiger partial charge >= 0.3 is 0 Å². The largest absolute Gasteiger partial charge is 0.366 e. The van der Waals surface area contributed by atoms with E-state index >= 15 is 0 Å². The number of aromatic nitrogens is 2. The molecule has 3 nitrogen and oxygen atoms in total. The number of rotatable bonds is 2. The minimum absolute atomic E-state index is 0.548. The molecule has 0 bridgehead atoms. The Labute approximate surface area is 114 Å². The molecule has 1 fully saturated rings. The summed E-state index contributed by atoms with van der Waals surface area (Å²) in [6.45, 7) is 4.45. The average Bonchev–Trinajstić information content (AvgIpc) is 2.42. The van der Waals surface area contributed by atoms with Crippen molar-refractivity contribution in [2.24, 2.45) is 5.92 Å². The van der Waals surface area contributed by atoms with Gasteiger partial charge in [-0.1, -0.05) is 31.4 Å². The second kappa shape index (κ2) is 5.16. The minimum atomic E-state index is 0.548. The summed E-state index contributed by atoms with van der Waals surface area (Å²) in [4.78, 5) is 8.80. The van der Waals surface area contributed by atoms with Crippen molar-refractivity contribution in [3.8, 4) is 0 Å². The zero-order valence-corrected chi connectivity index (χ0v) is 11.7. The highest BCUT2D eigenvalue weighted by molar-refractivity contribution is 5.89. The monoisotopic (exact) mass is 255 g/mol. The third-order valence-electron chi connectivity index (χ3n) is 4.22. The van der Waals surface area contributed by atoms with Gasteiger partial charge in [-0.25, -0.2) is 9.97 Å². The molecule has 0 saturated heterocycles. The summed E-state index contributed by atoms with van der Waals surface area (Å²) < 4.78 is 0. The Morgan fingerprint density at radius 2 is 2.00 bits per heavy atom. The summed E-state index contributed by atoms with van der Waals surface area (Å²) in [5.74, 6) is 1.72. The van der Waals surface area contributed by atoms with E-state index in [1.807, 2.05) is 0 Å². The molecular weight excluding hydrogens is 234 g/mol. The van der Waals surface area contributed by atoms with Crippen LogP contribution in [0.25, 0.3) is 10.9 Å². The third-order valence-corrected chi connectivity index (χ3v) is 4.22. The molecule has 0 amide bonds. The first kappa shape index (κ1) is 12.4. The van der Waals surface area contributed by atoms with Gasteiger partial charge < -0.3 is 5.32 Å². The van der Waals surface area contributed by atoms with Crippen LogP contribution < -0.4 is 5.32 Å². The molecule has 2 atom stereocenters. The standard InChI is InChI=1S/C16H21N3/c1-11-7-8-15-13(9-11)16(18-10-17-15)19-14-6-4-3-5-12(14)2/h7-10,12,14H,3-6H2,1-2H3,(H,17,18,19)/t12-,14+/m1/s1. The summed E-state index contributed by atoms with van der Waals surface area (Å²) in [6, 6.07) is 6.89. The fourth-order valence-corrected chi connectivity index (χ4v) is 2.99. The molecule has 0 unspecified atom stereocenters. The van der Waals surface area contributed by atoms with E-state index in [-0.39, 0.29) is 0 Å². The molecule has 1 aromatic heterocycles. The Bertz CT molecular complexity index is 579. The Morgan fingerprint density at radius 3 is 2.84 bits per heavy atom. The van der Waals surface area contributed by atoms with Gasteiger partial charge in [0, 0.05) is 11.4 Å². The third kappa shape index (κ3) is 2.55. The van der Waals surface area contributed by atoms with Crippen LogP contribution in [0.5, 0.6) is 0 Å². The van der Waals surface area contributed by atoms with Gasteiger partial charge in [0.1, 0.15) is 12.1 Å². The number of nitrogens with zero attached hydrogens (tertiary/aromatic N) is 2. The van der Waals surface area contributed by atoms with E-state index < -0.39 is 0 Å². The minimum Gasteiger partial charge on any atom is -0.366 e. The van der Waals surface area contributed by atoms with E-state index in [1.165, 1.54) is 31.2 Å². The van der Waals surface area contributed by atoms with Crippen LogP contribution >= 0.6 is 0 Å². The van der Waals surface area contributed by atoms with E-state index in [2.05, 4.69) is 47.3 Å². The maximum absolute atomic E-state index is 4.45. The fraction of sp³-hybridized carbons (Fsp3) is 0.500. The smallest absolute Gasteiger partial charge is 0.137 e. The van der Waals surface area contributed by atoms with Crippen molar-refractivity contribution in [1.82, 2.24) is 9.97 Å². The van der Waals surface area contributed by atoms with E-state index in [4.69, 9.17) is 0 Å². The van der Waals surface area contributed by atoms with Crippen LogP contribution in [0.2, 0.25) is 0 Å². The van der Waals surface area contributed by atoms with Crippen molar-refractivity contribution >= 4 is 16.7 Å². The molecule has 2 aromatic rings. The van der Waals surface area contributed by atoms with Gasteiger partial charge in [-0.2, -0.15) is 0 Å². The van der Waals surface area contributed by atoms with Crippen LogP contribution in [-0.4, -0.2) is 16.0 Å². The molecule has 0 radical (unpaired) electrons. The van der Waals surface area contributed by atoms with E-state index in [1.54, 1.807) is 6.33 Å². The van der Waals surface area contributed by atoms with Gasteiger partial charge in [-0.3, -0.25) is 0 Å². The number of hydrogen-bond donors (Lipinski definition) is 1. The summed E-state index contributed by atoms with van der Waals surface area (Å²) in [6.07, 6.45) is 6.92. The molecule has 0 aliphatic heterocycles. The quantitative estimate of drug-likeness (QED) is 0.883. The number of anilines is 1. The average molecular weight is 255 g/mol. The Kier molecular flexibility index (Phi) is 3.36. The first-order valence-electron chi connectivity index (χ1n) is 7.22. The number of fused-ring (bicyclic) bond motifs is 1. The van der Waals surface area contributed by atoms with Gasteiger partial charge in [-0.15, -0.1) is 0 Å². The lowest BCUT2D eigenvalue weighted by molar-refractivity contribution is 0.349. The van der Waals surface area contributed by atoms with Gasteiger partial charge in [-0.05, 0) is 37.8 Å². The van der Waals surface area contributed by atoms with Crippen molar-refractivity contribution in [2.45, 2.75) is 45.6 Å². The van der Waals surface area contributed by atoms with Gasteiger partial charge in [0.25, 0.3) is 0 Å². The second-order valence-corrected chi connectivity index (χ2v) is 5.76. The van der Waals surface area contributed by atoms with E-state index in [9.17, 15) is 0 Å². The second-order valence-electron chi connectivity index (χ2n) is 5.76. The Balaban J connectivity index is 1.93. The lowest BCUT2D eigenvalue weighted by Gasteiger charge is -2.30. The molecule has 19 heavy (non-hydrogen) atoms. The lowest BCUT2D eigenvalue weighted by atomic mass is 9.86. The lowest BCUT2D eigenvalue weighted by Crippen LogP contribution is -2.30. The highest BCUT2D eigenvalue weighted by Gasteiger charge is 2.21. The SMILES string of the molecule is Cc1ccc2ncnc(N[C@H]3CCCC[C@H]3C)c2c1. The highest BCUT2D eigenvalue weighted by Crippen LogP contribution is 2.28. The first-order valence-corrected chi connectivity index (χ1v) is 7.22. The molecule has 1 aromatic carbocycles. The zero-order chi connectivity index (χ0) is 13.2. The summed E-state index contributed by atoms with van der Waals surface area (Å²) in [5.41, 5.74) is 2.27. The van der Waals surface area contributed by atoms with E-state index in [0.29, 0.717) is 6.04 Å². The molecule has 1 heterocycles. The molecule has 1 aliphatic carbocycles. The Hall–Kier alpha value is -1.64. The molecule has 100 valence electrons. The number of benzene rings is 1. The zero-order valence-electron chi connectivity index (χ0n) is 11.7. The summed E-state index contributed by atoms with van der Waals surface area (Å²) in [5, 5.41) is 4.79. The molecule has 3 rings (SSSR count). The van der Waals surface area contributed by atoms with Crippen LogP contribution in [-0.2, 0) is 0 Å². The summed E-state index contributed by atoms with van der Waals surface area (Å²) >= 11 is 0. The fourth-order valence-electron chi connectivity index (χ4n) is 2.99. The molecular formula is C16H21N3. The number of hydrogen-bond acceptors (Lipinski definition) is 3. The molecule has 1 saturated carbocycles. The maximum Gasteiger partial charge on any atom is 0.137 e. The molecule has 3 heteroatoms. The van der Waals surface area contributed by atoms with Crippen molar-refractivity contribution in [2.75, 3.05) is 5.32 Å². The van der Waals surface area contributed by atoms with Crippen molar-refractivity contribution in [3.63, 3.8) is 0 Å². The molecule has 1 N–H and O–H groups in total. The van der Waals surface area contributed by atoms with Crippen molar-refractivity contribution in [1.29, 1.82) is 0 Å². The molecule has 0 spiro atoms. The maximum atomic E-state index is 4.45. The summed E-state index contributed by atoms with van der Waals surface area (Å²) in [7, 11) is 0. The van der Waals surface area contributed by atoms with Crippen LogP contribution in [0.15, 0.2) is 24.5 Å². The van der Waals surface area contributed by atoms with Crippen LogP contribution in [0.1, 0.15) is 38.2 Å². The number of aryl methyl sites for hydroxylation is 1. The van der Waals surface area contributed by atoms with E-state index in [0.717, 1.165) is 22.6 Å². The normalized spacial score (nSPS) is 23.5. The predicted octanol–water partition coefficient (Wildman–Crippen LogP) is 3.93. The highest BCUT2D eigenvalue weighted by atomic mass is 15.0. The predicted molar refractivity (Wildman–Crippen MR) is 79.3 cm³/mol. The van der Waals surface area contributed by atoms with Crippen molar-refractivity contribution < 1.29 is 0 Å². The van der Waals surface area contributed by atoms with Crippen LogP contribution in [0.3, 0.4) is 0 Å². The Morgan fingerprint density at radius 1 is 1.16 bits per heavy atom. The van der Waals surface area contributed by atoms with Gasteiger partial charge in [0.2, 0.25) is 0 Å².